The quantitative estimate of drug-likeness (QED) is 0.177. The van der Waals surface area contributed by atoms with Crippen LogP contribution in [0.3, 0.4) is 0 Å². The van der Waals surface area contributed by atoms with E-state index in [1.54, 1.807) is 0 Å². The molecule has 6 aromatic rings. The van der Waals surface area contributed by atoms with Crippen molar-refractivity contribution in [3.8, 4) is 33.4 Å². The molecule has 0 saturated heterocycles. The summed E-state index contributed by atoms with van der Waals surface area (Å²) in [5, 5.41) is 0. The summed E-state index contributed by atoms with van der Waals surface area (Å²) < 4.78 is 0. The fourth-order valence-corrected chi connectivity index (χ4v) is 13.0. The molecule has 0 N–H and O–H groups in total. The SMILES string of the molecule is CC1CCC2(C)c3cc(-c4ccc5c(c4)Cc4cc(-c6ccc7c(c6)C6(C)CCC(C)CC6(C)N7c6ccccc6)ccc4-5)ccc3N(c3ccccc3)C2(C)C1. The minimum Gasteiger partial charge on any atom is -0.334 e. The second-order valence-electron chi connectivity index (χ2n) is 19.6. The zero-order valence-electron chi connectivity index (χ0n) is 34.7. The third-order valence-corrected chi connectivity index (χ3v) is 16.4. The van der Waals surface area contributed by atoms with Gasteiger partial charge in [0.15, 0.2) is 0 Å². The van der Waals surface area contributed by atoms with E-state index in [0.717, 1.165) is 18.3 Å². The predicted molar refractivity (Wildman–Crippen MR) is 240 cm³/mol. The third-order valence-electron chi connectivity index (χ3n) is 16.4. The second kappa shape index (κ2) is 12.2. The topological polar surface area (TPSA) is 6.48 Å². The summed E-state index contributed by atoms with van der Waals surface area (Å²) in [4.78, 5) is 5.38. The highest BCUT2D eigenvalue weighted by atomic mass is 15.3. The molecule has 57 heavy (non-hydrogen) atoms. The highest BCUT2D eigenvalue weighted by molar-refractivity contribution is 5.86. The Bertz CT molecular complexity index is 2390. The minimum atomic E-state index is 0.0384. The van der Waals surface area contributed by atoms with Gasteiger partial charge in [0.05, 0.1) is 11.1 Å². The molecule has 286 valence electrons. The molecule has 2 nitrogen and oxygen atoms in total. The van der Waals surface area contributed by atoms with E-state index < -0.39 is 0 Å². The van der Waals surface area contributed by atoms with Crippen molar-refractivity contribution in [2.24, 2.45) is 11.8 Å². The Hall–Kier alpha value is -5.08. The number of anilines is 4. The van der Waals surface area contributed by atoms with Gasteiger partial charge in [-0.25, -0.2) is 0 Å². The molecular weight excluding hydrogens is 689 g/mol. The Kier molecular flexibility index (Phi) is 7.52. The minimum absolute atomic E-state index is 0.0384. The van der Waals surface area contributed by atoms with Crippen molar-refractivity contribution >= 4 is 22.7 Å². The van der Waals surface area contributed by atoms with Crippen LogP contribution < -0.4 is 9.80 Å². The van der Waals surface area contributed by atoms with Crippen LogP contribution in [0.25, 0.3) is 33.4 Å². The van der Waals surface area contributed by atoms with Crippen LogP contribution in [0, 0.1) is 11.8 Å². The Morgan fingerprint density at radius 2 is 0.842 bits per heavy atom. The molecule has 2 saturated carbocycles. The number of benzene rings is 6. The van der Waals surface area contributed by atoms with Gasteiger partial charge >= 0.3 is 0 Å². The Morgan fingerprint density at radius 1 is 0.456 bits per heavy atom. The predicted octanol–water partition coefficient (Wildman–Crippen LogP) is 14.6. The number of rotatable bonds is 4. The second-order valence-corrected chi connectivity index (χ2v) is 19.6. The summed E-state index contributed by atoms with van der Waals surface area (Å²) >= 11 is 0. The van der Waals surface area contributed by atoms with Gasteiger partial charge in [-0.15, -0.1) is 0 Å². The van der Waals surface area contributed by atoms with Crippen molar-refractivity contribution in [1.82, 2.24) is 0 Å². The van der Waals surface area contributed by atoms with Gasteiger partial charge in [-0.05, 0) is 175 Å². The van der Waals surface area contributed by atoms with Crippen LogP contribution in [0.4, 0.5) is 22.7 Å². The van der Waals surface area contributed by atoms with E-state index >= 15 is 0 Å². The van der Waals surface area contributed by atoms with Crippen molar-refractivity contribution in [1.29, 1.82) is 0 Å². The summed E-state index contributed by atoms with van der Waals surface area (Å²) in [6.07, 6.45) is 8.40. The van der Waals surface area contributed by atoms with Gasteiger partial charge < -0.3 is 9.80 Å². The first-order chi connectivity index (χ1) is 27.5. The lowest BCUT2D eigenvalue weighted by atomic mass is 9.59. The van der Waals surface area contributed by atoms with Gasteiger partial charge in [-0.1, -0.05) is 113 Å². The van der Waals surface area contributed by atoms with E-state index in [9.17, 15) is 0 Å². The van der Waals surface area contributed by atoms with Crippen molar-refractivity contribution < 1.29 is 0 Å². The van der Waals surface area contributed by atoms with E-state index in [1.165, 1.54) is 117 Å². The highest BCUT2D eigenvalue weighted by Gasteiger charge is 2.60. The average Bonchev–Trinajstić information content (AvgIpc) is 3.76. The van der Waals surface area contributed by atoms with E-state index in [-0.39, 0.29) is 21.9 Å². The van der Waals surface area contributed by atoms with Crippen molar-refractivity contribution in [3.63, 3.8) is 0 Å². The van der Waals surface area contributed by atoms with Crippen LogP contribution in [0.5, 0.6) is 0 Å². The number of fused-ring (bicyclic) bond motifs is 9. The van der Waals surface area contributed by atoms with Gasteiger partial charge in [0.25, 0.3) is 0 Å². The highest BCUT2D eigenvalue weighted by Crippen LogP contribution is 2.63. The fraction of sp³-hybridized carbons (Fsp3) is 0.345. The molecule has 2 aliphatic heterocycles. The lowest BCUT2D eigenvalue weighted by Crippen LogP contribution is -2.56. The first-order valence-electron chi connectivity index (χ1n) is 21.8. The van der Waals surface area contributed by atoms with Crippen molar-refractivity contribution in [2.75, 3.05) is 9.80 Å². The molecular formula is C55H56N2. The number of nitrogens with zero attached hydrogens (tertiary/aromatic N) is 2. The molecule has 5 aliphatic rings. The molecule has 0 bridgehead atoms. The first kappa shape index (κ1) is 35.1. The van der Waals surface area contributed by atoms with Crippen molar-refractivity contribution in [2.45, 2.75) is 108 Å². The third kappa shape index (κ3) is 4.83. The van der Waals surface area contributed by atoms with Crippen LogP contribution >= 0.6 is 0 Å². The van der Waals surface area contributed by atoms with E-state index in [0.29, 0.717) is 0 Å². The molecule has 2 heteroatoms. The van der Waals surface area contributed by atoms with Gasteiger partial charge in [0.2, 0.25) is 0 Å². The van der Waals surface area contributed by atoms with E-state index in [1.807, 2.05) is 0 Å². The number of hydrogen-bond acceptors (Lipinski definition) is 2. The molecule has 6 aromatic carbocycles. The maximum atomic E-state index is 2.69. The summed E-state index contributed by atoms with van der Waals surface area (Å²) in [7, 11) is 0. The molecule has 11 rings (SSSR count). The Balaban J connectivity index is 0.926. The zero-order valence-corrected chi connectivity index (χ0v) is 34.7. The van der Waals surface area contributed by atoms with Crippen LogP contribution in [0.2, 0.25) is 0 Å². The average molecular weight is 745 g/mol. The van der Waals surface area contributed by atoms with Gasteiger partial charge in [0, 0.05) is 33.6 Å². The van der Waals surface area contributed by atoms with Gasteiger partial charge in [-0.2, -0.15) is 0 Å². The number of para-hydroxylation sites is 2. The van der Waals surface area contributed by atoms with Crippen LogP contribution in [0.15, 0.2) is 133 Å². The summed E-state index contributed by atoms with van der Waals surface area (Å²) in [5.41, 5.74) is 19.7. The van der Waals surface area contributed by atoms with Crippen LogP contribution in [-0.2, 0) is 17.3 Å². The maximum Gasteiger partial charge on any atom is 0.0520 e. The Morgan fingerprint density at radius 3 is 1.26 bits per heavy atom. The molecule has 6 unspecified atom stereocenters. The lowest BCUT2D eigenvalue weighted by Gasteiger charge is -2.52. The largest absolute Gasteiger partial charge is 0.334 e. The van der Waals surface area contributed by atoms with E-state index in [4.69, 9.17) is 0 Å². The van der Waals surface area contributed by atoms with Crippen LogP contribution in [0.1, 0.15) is 102 Å². The summed E-state index contributed by atoms with van der Waals surface area (Å²) in [6, 6.07) is 51.5. The van der Waals surface area contributed by atoms with Gasteiger partial charge in [0.1, 0.15) is 0 Å². The summed E-state index contributed by atoms with van der Waals surface area (Å²) in [6.45, 7) is 15.1. The molecule has 0 aromatic heterocycles. The molecule has 2 heterocycles. The zero-order chi connectivity index (χ0) is 38.9. The van der Waals surface area contributed by atoms with Crippen LogP contribution in [-0.4, -0.2) is 11.1 Å². The van der Waals surface area contributed by atoms with Crippen molar-refractivity contribution in [3.05, 3.63) is 156 Å². The molecule has 0 amide bonds. The monoisotopic (exact) mass is 744 g/mol. The standard InChI is InChI=1S/C55H56N2/c1-36-25-27-52(3)48-32-40(19-23-50(48)56(54(52,5)34-36)44-13-9-7-10-14-44)38-17-21-46-42(29-38)31-43-30-39(18-22-47(43)46)41-20-24-51-49(33-41)53(4)28-26-37(2)35-55(53,6)57(51)45-15-11-8-12-16-45/h7-24,29-30,32-33,36-37H,25-28,31,34-35H2,1-6H3. The Labute approximate surface area is 340 Å². The maximum absolute atomic E-state index is 2.69. The smallest absolute Gasteiger partial charge is 0.0520 e. The molecule has 2 fully saturated rings. The lowest BCUT2D eigenvalue weighted by molar-refractivity contribution is 0.154. The van der Waals surface area contributed by atoms with Gasteiger partial charge in [-0.3, -0.25) is 0 Å². The normalized spacial score (nSPS) is 29.3. The fourth-order valence-electron chi connectivity index (χ4n) is 13.0. The number of hydrogen-bond donors (Lipinski definition) is 0. The molecule has 6 atom stereocenters. The summed E-state index contributed by atoms with van der Waals surface area (Å²) in [5.74, 6) is 1.43. The molecule has 0 radical (unpaired) electrons. The molecule has 3 aliphatic carbocycles. The van der Waals surface area contributed by atoms with E-state index in [2.05, 4.69) is 185 Å². The first-order valence-corrected chi connectivity index (χ1v) is 21.8. The molecule has 0 spiro atoms.